The molecular weight excluding hydrogens is 378 g/mol. The molecule has 0 N–H and O–H groups in total. The minimum atomic E-state index is -0.546. The predicted octanol–water partition coefficient (Wildman–Crippen LogP) is 2.60. The summed E-state index contributed by atoms with van der Waals surface area (Å²) in [4.78, 5) is 36.3. The van der Waals surface area contributed by atoms with Crippen molar-refractivity contribution in [3.8, 4) is 0 Å². The Morgan fingerprint density at radius 2 is 1.25 bits per heavy atom. The van der Waals surface area contributed by atoms with Crippen LogP contribution in [0.15, 0.2) is 0 Å². The van der Waals surface area contributed by atoms with E-state index in [1.165, 1.54) is 57.3 Å². The fraction of sp³-hybridized carbons (Fsp3) is 0.850. The summed E-state index contributed by atoms with van der Waals surface area (Å²) < 4.78 is 14.8. The summed E-state index contributed by atoms with van der Waals surface area (Å²) in [5.74, 6) is -1.31. The van der Waals surface area contributed by atoms with Gasteiger partial charge in [-0.25, -0.2) is 0 Å². The van der Waals surface area contributed by atoms with Gasteiger partial charge in [-0.15, -0.1) is 0 Å². The summed E-state index contributed by atoms with van der Waals surface area (Å²) >= 11 is 0. The number of ether oxygens (including phenoxy) is 2. The third-order valence-electron chi connectivity index (χ3n) is 4.43. The molecule has 164 valence electrons. The number of unbranched alkanes of at least 4 members (excludes halogenated alkanes) is 7. The molecule has 0 aromatic rings. The molecule has 0 saturated heterocycles. The number of esters is 2. The molecule has 0 aromatic carbocycles. The molecule has 0 unspecified atom stereocenters. The predicted molar refractivity (Wildman–Crippen MR) is 112 cm³/mol. The fourth-order valence-corrected chi connectivity index (χ4v) is 3.96. The van der Waals surface area contributed by atoms with Crippen LogP contribution >= 0.6 is 0 Å². The normalized spacial score (nSPS) is 11.2. The van der Waals surface area contributed by atoms with Crippen LogP contribution in [0, 0.1) is 0 Å². The first-order valence-electron chi connectivity index (χ1n) is 10.4. The van der Waals surface area contributed by atoms with Gasteiger partial charge < -0.3 is 18.8 Å². The van der Waals surface area contributed by atoms with Gasteiger partial charge in [-0.1, -0.05) is 44.9 Å². The van der Waals surface area contributed by atoms with Crippen molar-refractivity contribution in [2.24, 2.45) is 0 Å². The summed E-state index contributed by atoms with van der Waals surface area (Å²) in [7, 11) is 2.20. The minimum absolute atomic E-state index is 0.219. The molecule has 7 nitrogen and oxygen atoms in total. The largest absolute Gasteiger partial charge is 0.468 e. The Kier molecular flexibility index (Phi) is 16.8. The third-order valence-corrected chi connectivity index (χ3v) is 6.13. The molecule has 1 amide bonds. The second-order valence-electron chi connectivity index (χ2n) is 7.25. The van der Waals surface area contributed by atoms with Crippen molar-refractivity contribution in [3.63, 3.8) is 0 Å². The number of nitrogens with zero attached hydrogens (tertiary/aromatic N) is 1. The first-order chi connectivity index (χ1) is 13.4. The lowest BCUT2D eigenvalue weighted by Crippen LogP contribution is -2.40. The zero-order valence-corrected chi connectivity index (χ0v) is 19.6. The summed E-state index contributed by atoms with van der Waals surface area (Å²) in [5, 5.41) is 0. The number of rotatable bonds is 17. The van der Waals surface area contributed by atoms with Crippen molar-refractivity contribution in [3.05, 3.63) is 0 Å². The average molecular weight is 418 g/mol. The van der Waals surface area contributed by atoms with E-state index >= 15 is 0 Å². The van der Waals surface area contributed by atoms with Crippen LogP contribution in [0.2, 0.25) is 6.04 Å². The van der Waals surface area contributed by atoms with E-state index in [9.17, 15) is 14.4 Å². The van der Waals surface area contributed by atoms with Gasteiger partial charge >= 0.3 is 11.9 Å². The van der Waals surface area contributed by atoms with Crippen molar-refractivity contribution in [2.45, 2.75) is 83.8 Å². The van der Waals surface area contributed by atoms with Crippen LogP contribution in [0.25, 0.3) is 0 Å². The quantitative estimate of drug-likeness (QED) is 0.206. The third kappa shape index (κ3) is 15.6. The summed E-state index contributed by atoms with van der Waals surface area (Å²) in [6.07, 6.45) is 9.79. The van der Waals surface area contributed by atoms with Gasteiger partial charge in [-0.2, -0.15) is 0 Å². The molecule has 0 heterocycles. The van der Waals surface area contributed by atoms with Crippen LogP contribution < -0.4 is 0 Å². The van der Waals surface area contributed by atoms with Gasteiger partial charge in [-0.3, -0.25) is 14.4 Å². The van der Waals surface area contributed by atoms with E-state index < -0.39 is 11.9 Å². The second-order valence-corrected chi connectivity index (χ2v) is 8.70. The van der Waals surface area contributed by atoms with Gasteiger partial charge in [0.1, 0.15) is 13.1 Å². The Morgan fingerprint density at radius 3 is 1.71 bits per heavy atom. The van der Waals surface area contributed by atoms with E-state index in [1.54, 1.807) is 0 Å². The van der Waals surface area contributed by atoms with Gasteiger partial charge in [0.15, 0.2) is 9.76 Å². The molecule has 0 atom stereocenters. The zero-order valence-electron chi connectivity index (χ0n) is 18.2. The van der Waals surface area contributed by atoms with Crippen molar-refractivity contribution in [1.29, 1.82) is 0 Å². The van der Waals surface area contributed by atoms with E-state index in [0.29, 0.717) is 12.5 Å². The van der Waals surface area contributed by atoms with E-state index in [0.717, 1.165) is 19.3 Å². The molecule has 0 fully saturated rings. The summed E-state index contributed by atoms with van der Waals surface area (Å²) in [6.45, 7) is 3.73. The molecule has 0 aliphatic rings. The van der Waals surface area contributed by atoms with Gasteiger partial charge in [-0.05, 0) is 26.3 Å². The molecule has 0 aliphatic heterocycles. The van der Waals surface area contributed by atoms with Crippen molar-refractivity contribution in [2.75, 3.05) is 27.3 Å². The molecule has 0 rings (SSSR count). The van der Waals surface area contributed by atoms with Crippen molar-refractivity contribution >= 4 is 27.6 Å². The standard InChI is InChI=1S/C20H39NO6Si/c1-17(2)27-28-14-12-10-8-6-5-7-9-11-13-18(22)21(15-19(23)25-3)16-20(24)26-4/h17H,5-16,28H2,1-4H3. The highest BCUT2D eigenvalue weighted by Crippen LogP contribution is 2.11. The molecule has 0 radical (unpaired) electrons. The smallest absolute Gasteiger partial charge is 0.325 e. The van der Waals surface area contributed by atoms with Gasteiger partial charge in [0.25, 0.3) is 0 Å². The van der Waals surface area contributed by atoms with E-state index in [2.05, 4.69) is 23.3 Å². The Balaban J connectivity index is 3.76. The number of carbonyl (C=O) groups excluding carboxylic acids is 3. The molecule has 0 aromatic heterocycles. The fourth-order valence-electron chi connectivity index (χ4n) is 2.77. The van der Waals surface area contributed by atoms with Crippen LogP contribution in [0.1, 0.15) is 71.6 Å². The number of methoxy groups -OCH3 is 2. The highest BCUT2D eigenvalue weighted by Gasteiger charge is 2.20. The summed E-state index contributed by atoms with van der Waals surface area (Å²) in [5.41, 5.74) is 0. The van der Waals surface area contributed by atoms with Crippen LogP contribution in [0.5, 0.6) is 0 Å². The lowest BCUT2D eigenvalue weighted by Gasteiger charge is -2.20. The van der Waals surface area contributed by atoms with Crippen molar-refractivity contribution in [1.82, 2.24) is 4.90 Å². The lowest BCUT2D eigenvalue weighted by atomic mass is 10.1. The first kappa shape index (κ1) is 26.6. The molecule has 28 heavy (non-hydrogen) atoms. The number of hydrogen-bond donors (Lipinski definition) is 0. The van der Waals surface area contributed by atoms with E-state index in [4.69, 9.17) is 4.43 Å². The molecule has 0 spiro atoms. The van der Waals surface area contributed by atoms with E-state index in [1.807, 2.05) is 0 Å². The van der Waals surface area contributed by atoms with E-state index in [-0.39, 0.29) is 28.8 Å². The Hall–Kier alpha value is -1.41. The minimum Gasteiger partial charge on any atom is -0.468 e. The number of amides is 1. The molecule has 0 aliphatic carbocycles. The SMILES string of the molecule is COC(=O)CN(CC(=O)OC)C(=O)CCCCCCCCCC[SiH2]OC(C)C. The van der Waals surface area contributed by atoms with Crippen LogP contribution in [-0.4, -0.2) is 65.9 Å². The lowest BCUT2D eigenvalue weighted by molar-refractivity contribution is -0.152. The van der Waals surface area contributed by atoms with Crippen LogP contribution in [0.4, 0.5) is 0 Å². The number of carbonyl (C=O) groups is 3. The Bertz CT molecular complexity index is 426. The topological polar surface area (TPSA) is 82.1 Å². The maximum Gasteiger partial charge on any atom is 0.325 e. The Labute approximate surface area is 172 Å². The molecule has 0 bridgehead atoms. The molecular formula is C20H39NO6Si. The monoisotopic (exact) mass is 417 g/mol. The van der Waals surface area contributed by atoms with Gasteiger partial charge in [0.05, 0.1) is 14.2 Å². The van der Waals surface area contributed by atoms with Gasteiger partial charge in [0, 0.05) is 12.5 Å². The maximum absolute atomic E-state index is 12.3. The molecule has 0 saturated carbocycles. The number of hydrogen-bond acceptors (Lipinski definition) is 6. The second kappa shape index (κ2) is 17.7. The maximum atomic E-state index is 12.3. The van der Waals surface area contributed by atoms with Crippen LogP contribution in [0.3, 0.4) is 0 Å². The van der Waals surface area contributed by atoms with Gasteiger partial charge in [0.2, 0.25) is 5.91 Å². The molecule has 8 heteroatoms. The first-order valence-corrected chi connectivity index (χ1v) is 12.0. The summed E-state index contributed by atoms with van der Waals surface area (Å²) in [6, 6.07) is 1.27. The highest BCUT2D eigenvalue weighted by atomic mass is 28.2. The Morgan fingerprint density at radius 1 is 0.786 bits per heavy atom. The highest BCUT2D eigenvalue weighted by molar-refractivity contribution is 6.27. The van der Waals surface area contributed by atoms with Crippen LogP contribution in [-0.2, 0) is 28.3 Å². The zero-order chi connectivity index (χ0) is 21.2. The van der Waals surface area contributed by atoms with Crippen molar-refractivity contribution < 1.29 is 28.3 Å². The average Bonchev–Trinajstić information content (AvgIpc) is 2.67.